The third-order valence-corrected chi connectivity index (χ3v) is 3.73. The Balaban J connectivity index is 2.07. The van der Waals surface area contributed by atoms with Crippen LogP contribution in [-0.4, -0.2) is 5.91 Å². The van der Waals surface area contributed by atoms with Crippen molar-refractivity contribution < 1.29 is 4.79 Å². The maximum absolute atomic E-state index is 12.3. The van der Waals surface area contributed by atoms with Crippen LogP contribution < -0.4 is 11.1 Å². The number of hydrogen-bond acceptors (Lipinski definition) is 2. The van der Waals surface area contributed by atoms with Gasteiger partial charge in [0.05, 0.1) is 6.04 Å². The van der Waals surface area contributed by atoms with Crippen molar-refractivity contribution in [2.75, 3.05) is 0 Å². The zero-order chi connectivity index (χ0) is 15.4. The van der Waals surface area contributed by atoms with E-state index in [1.807, 2.05) is 69.3 Å². The zero-order valence-corrected chi connectivity index (χ0v) is 12.8. The highest BCUT2D eigenvalue weighted by Gasteiger charge is 2.18. The second kappa shape index (κ2) is 6.55. The van der Waals surface area contributed by atoms with Gasteiger partial charge in [-0.3, -0.25) is 4.79 Å². The normalized spacial score (nSPS) is 13.5. The van der Waals surface area contributed by atoms with E-state index in [4.69, 9.17) is 5.73 Å². The summed E-state index contributed by atoms with van der Waals surface area (Å²) in [5, 5.41) is 2.99. The van der Waals surface area contributed by atoms with E-state index in [1.165, 1.54) is 0 Å². The molecule has 0 fully saturated rings. The van der Waals surface area contributed by atoms with E-state index in [9.17, 15) is 4.79 Å². The van der Waals surface area contributed by atoms with Crippen LogP contribution in [0.4, 0.5) is 0 Å². The van der Waals surface area contributed by atoms with Crippen molar-refractivity contribution in [2.24, 2.45) is 5.73 Å². The van der Waals surface area contributed by atoms with E-state index < -0.39 is 6.04 Å². The first-order chi connectivity index (χ1) is 9.99. The van der Waals surface area contributed by atoms with Crippen molar-refractivity contribution in [3.05, 3.63) is 70.8 Å². The highest BCUT2D eigenvalue weighted by atomic mass is 16.2. The molecule has 2 aromatic carbocycles. The van der Waals surface area contributed by atoms with Gasteiger partial charge in [-0.25, -0.2) is 0 Å². The Labute approximate surface area is 126 Å². The first-order valence-corrected chi connectivity index (χ1v) is 7.17. The van der Waals surface area contributed by atoms with Crippen molar-refractivity contribution >= 4 is 5.91 Å². The summed E-state index contributed by atoms with van der Waals surface area (Å²) in [5.74, 6) is -0.158. The molecular formula is C18H22N2O. The van der Waals surface area contributed by atoms with Crippen molar-refractivity contribution in [3.8, 4) is 0 Å². The summed E-state index contributed by atoms with van der Waals surface area (Å²) < 4.78 is 0. The number of carbonyl (C=O) groups is 1. The van der Waals surface area contributed by atoms with Crippen molar-refractivity contribution in [1.29, 1.82) is 0 Å². The molecular weight excluding hydrogens is 260 g/mol. The molecule has 0 aromatic heterocycles. The van der Waals surface area contributed by atoms with Crippen molar-refractivity contribution in [1.82, 2.24) is 5.32 Å². The van der Waals surface area contributed by atoms with Crippen molar-refractivity contribution in [2.45, 2.75) is 32.9 Å². The Hall–Kier alpha value is -2.13. The summed E-state index contributed by atoms with van der Waals surface area (Å²) in [4.78, 5) is 12.3. The lowest BCUT2D eigenvalue weighted by molar-refractivity contribution is -0.123. The molecule has 0 aliphatic heterocycles. The van der Waals surface area contributed by atoms with Gasteiger partial charge in [0.15, 0.2) is 0 Å². The number of carbonyl (C=O) groups excluding carboxylic acids is 1. The molecule has 0 aliphatic rings. The number of amides is 1. The van der Waals surface area contributed by atoms with Gasteiger partial charge >= 0.3 is 0 Å². The van der Waals surface area contributed by atoms with E-state index in [0.29, 0.717) is 0 Å². The largest absolute Gasteiger partial charge is 0.348 e. The quantitative estimate of drug-likeness (QED) is 0.905. The van der Waals surface area contributed by atoms with Crippen LogP contribution in [0.25, 0.3) is 0 Å². The van der Waals surface area contributed by atoms with Gasteiger partial charge in [0, 0.05) is 0 Å². The molecule has 0 spiro atoms. The number of nitrogens with one attached hydrogen (secondary N) is 1. The van der Waals surface area contributed by atoms with E-state index in [1.54, 1.807) is 0 Å². The molecule has 0 saturated heterocycles. The predicted octanol–water partition coefficient (Wildman–Crippen LogP) is 3.18. The maximum atomic E-state index is 12.3. The third kappa shape index (κ3) is 3.70. The number of nitrogens with two attached hydrogens (primary N) is 1. The molecule has 3 N–H and O–H groups in total. The molecule has 110 valence electrons. The highest BCUT2D eigenvalue weighted by molar-refractivity contribution is 5.83. The van der Waals surface area contributed by atoms with E-state index >= 15 is 0 Å². The average Bonchev–Trinajstić information content (AvgIpc) is 2.47. The Kier molecular flexibility index (Phi) is 4.76. The lowest BCUT2D eigenvalue weighted by Crippen LogP contribution is -2.35. The monoisotopic (exact) mass is 282 g/mol. The van der Waals surface area contributed by atoms with Crippen LogP contribution in [0.1, 0.15) is 41.3 Å². The van der Waals surface area contributed by atoms with Gasteiger partial charge in [-0.05, 0) is 37.5 Å². The standard InChI is InChI=1S/C18H22N2O/c1-12-8-10-15(11-9-12)17(19)18(21)20-14(3)16-7-5-4-6-13(16)2/h4-11,14,17H,19H2,1-3H3,(H,20,21). The van der Waals surface area contributed by atoms with Crippen LogP contribution in [0, 0.1) is 13.8 Å². The van der Waals surface area contributed by atoms with E-state index in [2.05, 4.69) is 5.32 Å². The Morgan fingerprint density at radius 3 is 2.29 bits per heavy atom. The second-order valence-corrected chi connectivity index (χ2v) is 5.48. The van der Waals surface area contributed by atoms with Gasteiger partial charge in [-0.15, -0.1) is 0 Å². The smallest absolute Gasteiger partial charge is 0.241 e. The Bertz CT molecular complexity index is 619. The minimum absolute atomic E-state index is 0.0600. The Morgan fingerprint density at radius 1 is 1.05 bits per heavy atom. The third-order valence-electron chi connectivity index (χ3n) is 3.73. The first kappa shape index (κ1) is 15.3. The molecule has 0 saturated carbocycles. The van der Waals surface area contributed by atoms with Gasteiger partial charge in [0.1, 0.15) is 6.04 Å². The first-order valence-electron chi connectivity index (χ1n) is 7.17. The van der Waals surface area contributed by atoms with Gasteiger partial charge < -0.3 is 11.1 Å². The number of aryl methyl sites for hydroxylation is 2. The minimum Gasteiger partial charge on any atom is -0.348 e. The molecule has 21 heavy (non-hydrogen) atoms. The molecule has 2 atom stereocenters. The fraction of sp³-hybridized carbons (Fsp3) is 0.278. The fourth-order valence-electron chi connectivity index (χ4n) is 2.38. The molecule has 0 aliphatic carbocycles. The molecule has 2 unspecified atom stereocenters. The molecule has 3 heteroatoms. The highest BCUT2D eigenvalue weighted by Crippen LogP contribution is 2.18. The second-order valence-electron chi connectivity index (χ2n) is 5.48. The number of benzene rings is 2. The SMILES string of the molecule is Cc1ccc(C(N)C(=O)NC(C)c2ccccc2C)cc1. The topological polar surface area (TPSA) is 55.1 Å². The van der Waals surface area contributed by atoms with Crippen LogP contribution in [0.2, 0.25) is 0 Å². The maximum Gasteiger partial charge on any atom is 0.241 e. The summed E-state index contributed by atoms with van der Waals surface area (Å²) in [6, 6.07) is 15.1. The molecule has 1 amide bonds. The lowest BCUT2D eigenvalue weighted by Gasteiger charge is -2.19. The fourth-order valence-corrected chi connectivity index (χ4v) is 2.38. The average molecular weight is 282 g/mol. The zero-order valence-electron chi connectivity index (χ0n) is 12.8. The van der Waals surface area contributed by atoms with Crippen LogP contribution in [0.3, 0.4) is 0 Å². The van der Waals surface area contributed by atoms with Crippen LogP contribution >= 0.6 is 0 Å². The Morgan fingerprint density at radius 2 is 1.67 bits per heavy atom. The molecule has 2 aromatic rings. The summed E-state index contributed by atoms with van der Waals surface area (Å²) in [5.41, 5.74) is 10.3. The molecule has 2 rings (SSSR count). The number of rotatable bonds is 4. The molecule has 0 bridgehead atoms. The van der Waals surface area contributed by atoms with Crippen LogP contribution in [0.15, 0.2) is 48.5 Å². The van der Waals surface area contributed by atoms with Gasteiger partial charge in [-0.1, -0.05) is 54.1 Å². The van der Waals surface area contributed by atoms with Crippen molar-refractivity contribution in [3.63, 3.8) is 0 Å². The van der Waals surface area contributed by atoms with Gasteiger partial charge in [0.2, 0.25) is 5.91 Å². The van der Waals surface area contributed by atoms with E-state index in [-0.39, 0.29) is 11.9 Å². The predicted molar refractivity (Wildman–Crippen MR) is 85.8 cm³/mol. The molecule has 3 nitrogen and oxygen atoms in total. The summed E-state index contributed by atoms with van der Waals surface area (Å²) in [6.07, 6.45) is 0. The van der Waals surface area contributed by atoms with Gasteiger partial charge in [-0.2, -0.15) is 0 Å². The van der Waals surface area contributed by atoms with Crippen LogP contribution in [-0.2, 0) is 4.79 Å². The molecule has 0 radical (unpaired) electrons. The lowest BCUT2D eigenvalue weighted by atomic mass is 10.0. The summed E-state index contributed by atoms with van der Waals surface area (Å²) in [6.45, 7) is 6.02. The van der Waals surface area contributed by atoms with Crippen LogP contribution in [0.5, 0.6) is 0 Å². The summed E-state index contributed by atoms with van der Waals surface area (Å²) >= 11 is 0. The number of hydrogen-bond donors (Lipinski definition) is 2. The molecule has 0 heterocycles. The minimum atomic E-state index is -0.642. The van der Waals surface area contributed by atoms with Gasteiger partial charge in [0.25, 0.3) is 0 Å². The van der Waals surface area contributed by atoms with E-state index in [0.717, 1.165) is 22.3 Å². The summed E-state index contributed by atoms with van der Waals surface area (Å²) in [7, 11) is 0.